The normalized spacial score (nSPS) is 11.7. The molecular formula is C22H23NO5S. The maximum atomic E-state index is 12.5. The van der Waals surface area contributed by atoms with Crippen LogP contribution in [-0.4, -0.2) is 24.3 Å². The number of carbonyl (C=O) groups is 1. The lowest BCUT2D eigenvalue weighted by atomic mass is 10.2. The van der Waals surface area contributed by atoms with E-state index < -0.39 is 10.8 Å². The molecule has 0 aliphatic heterocycles. The molecule has 0 spiro atoms. The monoisotopic (exact) mass is 413 g/mol. The van der Waals surface area contributed by atoms with Crippen LogP contribution in [0.3, 0.4) is 0 Å². The van der Waals surface area contributed by atoms with E-state index >= 15 is 0 Å². The Labute approximate surface area is 172 Å². The molecular weight excluding hydrogens is 390 g/mol. The summed E-state index contributed by atoms with van der Waals surface area (Å²) in [7, 11) is 1.90. The smallest absolute Gasteiger partial charge is 0.287 e. The fourth-order valence-corrected chi connectivity index (χ4v) is 3.76. The number of carbonyl (C=O) groups excluding carboxylic acids is 1. The molecule has 0 radical (unpaired) electrons. The van der Waals surface area contributed by atoms with Crippen molar-refractivity contribution >= 4 is 16.7 Å². The maximum absolute atomic E-state index is 12.5. The summed E-state index contributed by atoms with van der Waals surface area (Å²) in [5.41, 5.74) is 1.97. The minimum absolute atomic E-state index is 0.182. The second-order valence-electron chi connectivity index (χ2n) is 6.44. The predicted octanol–water partition coefficient (Wildman–Crippen LogP) is 3.84. The fraction of sp³-hybridized carbons (Fsp3) is 0.227. The van der Waals surface area contributed by atoms with Crippen molar-refractivity contribution in [2.75, 3.05) is 14.2 Å². The van der Waals surface area contributed by atoms with E-state index in [1.165, 1.54) is 0 Å². The van der Waals surface area contributed by atoms with Crippen LogP contribution >= 0.6 is 0 Å². The van der Waals surface area contributed by atoms with E-state index in [9.17, 15) is 9.00 Å². The number of amides is 1. The summed E-state index contributed by atoms with van der Waals surface area (Å²) in [4.78, 5) is 13.1. The quantitative estimate of drug-likeness (QED) is 0.607. The average molecular weight is 413 g/mol. The summed E-state index contributed by atoms with van der Waals surface area (Å²) in [5.74, 6) is 1.78. The molecule has 0 unspecified atom stereocenters. The van der Waals surface area contributed by atoms with Crippen LogP contribution in [0.25, 0.3) is 0 Å². The van der Waals surface area contributed by atoms with Crippen LogP contribution < -0.4 is 14.8 Å². The van der Waals surface area contributed by atoms with E-state index in [4.69, 9.17) is 13.9 Å². The zero-order valence-electron chi connectivity index (χ0n) is 16.6. The van der Waals surface area contributed by atoms with Crippen LogP contribution in [0.2, 0.25) is 0 Å². The van der Waals surface area contributed by atoms with Gasteiger partial charge < -0.3 is 19.2 Å². The summed E-state index contributed by atoms with van der Waals surface area (Å²) in [6.07, 6.45) is 0. The molecule has 1 aromatic heterocycles. The van der Waals surface area contributed by atoms with Crippen molar-refractivity contribution in [3.8, 4) is 11.5 Å². The zero-order valence-corrected chi connectivity index (χ0v) is 17.4. The first kappa shape index (κ1) is 20.7. The highest BCUT2D eigenvalue weighted by Crippen LogP contribution is 2.27. The molecule has 3 rings (SSSR count). The first-order valence-corrected chi connectivity index (χ1v) is 10.3. The predicted molar refractivity (Wildman–Crippen MR) is 111 cm³/mol. The van der Waals surface area contributed by atoms with Gasteiger partial charge in [0.05, 0.1) is 30.8 Å². The van der Waals surface area contributed by atoms with Crippen LogP contribution in [0, 0.1) is 6.92 Å². The maximum Gasteiger partial charge on any atom is 0.287 e. The van der Waals surface area contributed by atoms with E-state index in [2.05, 4.69) is 5.32 Å². The average Bonchev–Trinajstić information content (AvgIpc) is 3.20. The summed E-state index contributed by atoms with van der Waals surface area (Å²) in [6.45, 7) is 2.29. The molecule has 1 amide bonds. The lowest BCUT2D eigenvalue weighted by Crippen LogP contribution is -2.22. The minimum atomic E-state index is -1.23. The molecule has 2 aromatic carbocycles. The van der Waals surface area contributed by atoms with Gasteiger partial charge in [-0.3, -0.25) is 9.00 Å². The Balaban J connectivity index is 1.59. The molecule has 0 aliphatic rings. The molecule has 152 valence electrons. The van der Waals surface area contributed by atoms with Gasteiger partial charge in [0.25, 0.3) is 5.91 Å². The van der Waals surface area contributed by atoms with Crippen LogP contribution in [0.4, 0.5) is 0 Å². The molecule has 6 nitrogen and oxygen atoms in total. The number of rotatable bonds is 8. The third-order valence-electron chi connectivity index (χ3n) is 4.34. The van der Waals surface area contributed by atoms with Crippen molar-refractivity contribution in [2.24, 2.45) is 0 Å². The number of hydrogen-bond acceptors (Lipinski definition) is 5. The number of hydrogen-bond donors (Lipinski definition) is 1. The van der Waals surface area contributed by atoms with Crippen LogP contribution in [-0.2, 0) is 23.1 Å². The molecule has 1 atom stereocenters. The Morgan fingerprint density at radius 3 is 2.41 bits per heavy atom. The molecule has 0 bridgehead atoms. The minimum Gasteiger partial charge on any atom is -0.493 e. The van der Waals surface area contributed by atoms with Gasteiger partial charge in [-0.1, -0.05) is 23.8 Å². The Hall–Kier alpha value is -3.06. The number of benzene rings is 2. The van der Waals surface area contributed by atoms with E-state index in [-0.39, 0.29) is 17.4 Å². The summed E-state index contributed by atoms with van der Waals surface area (Å²) in [6, 6.07) is 16.2. The first-order valence-electron chi connectivity index (χ1n) is 9.03. The second-order valence-corrected chi connectivity index (χ2v) is 7.89. The Bertz CT molecular complexity index is 1010. The molecule has 0 saturated carbocycles. The van der Waals surface area contributed by atoms with Crippen molar-refractivity contribution in [1.29, 1.82) is 0 Å². The van der Waals surface area contributed by atoms with Crippen LogP contribution in [0.15, 0.2) is 63.9 Å². The standard InChI is InChI=1S/C22H23NO5S/c1-15-4-8-18(9-5-15)29(25)14-17-7-11-20(28-17)22(24)23-13-16-6-10-19(26-2)21(12-16)27-3/h4-12H,13-14H2,1-3H3,(H,23,24)/t29-/m1/s1. The van der Waals surface area contributed by atoms with Gasteiger partial charge in [-0.05, 0) is 48.9 Å². The van der Waals surface area contributed by atoms with Crippen LogP contribution in [0.1, 0.15) is 27.4 Å². The van der Waals surface area contributed by atoms with E-state index in [1.54, 1.807) is 38.5 Å². The van der Waals surface area contributed by atoms with Crippen LogP contribution in [0.5, 0.6) is 11.5 Å². The summed E-state index contributed by atoms with van der Waals surface area (Å²) in [5, 5.41) is 2.80. The molecule has 0 saturated heterocycles. The van der Waals surface area contributed by atoms with Gasteiger partial charge in [-0.15, -0.1) is 0 Å². The van der Waals surface area contributed by atoms with E-state index in [0.29, 0.717) is 23.8 Å². The molecule has 0 aliphatic carbocycles. The largest absolute Gasteiger partial charge is 0.493 e. The number of furan rings is 1. The van der Waals surface area contributed by atoms with Gasteiger partial charge in [0, 0.05) is 11.4 Å². The third-order valence-corrected chi connectivity index (χ3v) is 5.69. The Morgan fingerprint density at radius 2 is 1.72 bits per heavy atom. The lowest BCUT2D eigenvalue weighted by molar-refractivity contribution is 0.0921. The number of ether oxygens (including phenoxy) is 2. The number of nitrogens with one attached hydrogen (secondary N) is 1. The highest BCUT2D eigenvalue weighted by molar-refractivity contribution is 7.84. The topological polar surface area (TPSA) is 77.8 Å². The summed E-state index contributed by atoms with van der Waals surface area (Å²) >= 11 is 0. The van der Waals surface area contributed by atoms with Crippen molar-refractivity contribution in [1.82, 2.24) is 5.32 Å². The molecule has 0 fully saturated rings. The second kappa shape index (κ2) is 9.43. The number of aryl methyl sites for hydroxylation is 1. The number of methoxy groups -OCH3 is 2. The van der Waals surface area contributed by atoms with Gasteiger partial charge in [0.1, 0.15) is 5.76 Å². The fourth-order valence-electron chi connectivity index (χ4n) is 2.74. The lowest BCUT2D eigenvalue weighted by Gasteiger charge is -2.10. The molecule has 7 heteroatoms. The molecule has 1 heterocycles. The van der Waals surface area contributed by atoms with Gasteiger partial charge >= 0.3 is 0 Å². The van der Waals surface area contributed by atoms with E-state index in [0.717, 1.165) is 16.0 Å². The SMILES string of the molecule is COc1ccc(CNC(=O)c2ccc(C[S@@](=O)c3ccc(C)cc3)o2)cc1OC. The van der Waals surface area contributed by atoms with Crippen molar-refractivity contribution in [3.63, 3.8) is 0 Å². The van der Waals surface area contributed by atoms with Gasteiger partial charge in [0.15, 0.2) is 17.3 Å². The van der Waals surface area contributed by atoms with Crippen molar-refractivity contribution in [2.45, 2.75) is 24.1 Å². The van der Waals surface area contributed by atoms with E-state index in [1.807, 2.05) is 37.3 Å². The highest BCUT2D eigenvalue weighted by atomic mass is 32.2. The molecule has 3 aromatic rings. The molecule has 29 heavy (non-hydrogen) atoms. The summed E-state index contributed by atoms with van der Waals surface area (Å²) < 4.78 is 28.5. The molecule has 1 N–H and O–H groups in total. The van der Waals surface area contributed by atoms with Gasteiger partial charge in [0.2, 0.25) is 0 Å². The highest BCUT2D eigenvalue weighted by Gasteiger charge is 2.14. The first-order chi connectivity index (χ1) is 14.0. The van der Waals surface area contributed by atoms with Crippen molar-refractivity contribution < 1.29 is 22.9 Å². The Kier molecular flexibility index (Phi) is 6.72. The Morgan fingerprint density at radius 1 is 1.00 bits per heavy atom. The zero-order chi connectivity index (χ0) is 20.8. The van der Waals surface area contributed by atoms with Gasteiger partial charge in [-0.25, -0.2) is 0 Å². The third kappa shape index (κ3) is 5.26. The van der Waals surface area contributed by atoms with Crippen molar-refractivity contribution in [3.05, 3.63) is 77.2 Å². The van der Waals surface area contributed by atoms with Gasteiger partial charge in [-0.2, -0.15) is 0 Å².